The summed E-state index contributed by atoms with van der Waals surface area (Å²) >= 11 is 0. The van der Waals surface area contributed by atoms with Crippen molar-refractivity contribution in [2.24, 2.45) is 4.40 Å². The molecule has 0 aliphatic carbocycles. The number of nitrogens with zero attached hydrogens (tertiary/aromatic N) is 1. The van der Waals surface area contributed by atoms with Gasteiger partial charge in [0.05, 0.1) is 4.90 Å². The fraction of sp³-hybridized carbons (Fsp3) is 0.462. The summed E-state index contributed by atoms with van der Waals surface area (Å²) in [5.74, 6) is 0.398. The van der Waals surface area contributed by atoms with Crippen LogP contribution in [0.1, 0.15) is 45.1 Å². The lowest BCUT2D eigenvalue weighted by molar-refractivity contribution is 0.598. The molecular weight excluding hydrogens is 234 g/mol. The van der Waals surface area contributed by atoms with Gasteiger partial charge in [-0.15, -0.1) is 0 Å². The number of hydrogen-bond acceptors (Lipinski definition) is 2. The summed E-state index contributed by atoms with van der Waals surface area (Å²) < 4.78 is 27.2. The predicted molar refractivity (Wildman–Crippen MR) is 71.1 cm³/mol. The Morgan fingerprint density at radius 3 is 2.29 bits per heavy atom. The number of unbranched alkanes of at least 4 members (excludes halogenated alkanes) is 1. The zero-order valence-electron chi connectivity index (χ0n) is 10.6. The Balaban J connectivity index is 2.92. The van der Waals surface area contributed by atoms with Gasteiger partial charge in [0.1, 0.15) is 0 Å². The SMILES string of the molecule is CCC/C=N/S(=O)(=O)c1ccc(C(C)C)cc1. The lowest BCUT2D eigenvalue weighted by Crippen LogP contribution is -1.98. The van der Waals surface area contributed by atoms with Crippen LogP contribution in [0.5, 0.6) is 0 Å². The van der Waals surface area contributed by atoms with Crippen molar-refractivity contribution in [2.75, 3.05) is 0 Å². The first-order chi connectivity index (χ1) is 7.97. The molecule has 94 valence electrons. The van der Waals surface area contributed by atoms with Gasteiger partial charge in [0.25, 0.3) is 10.0 Å². The van der Waals surface area contributed by atoms with Crippen LogP contribution in [0.25, 0.3) is 0 Å². The van der Waals surface area contributed by atoms with Gasteiger partial charge in [0.2, 0.25) is 0 Å². The predicted octanol–water partition coefficient (Wildman–Crippen LogP) is 3.37. The van der Waals surface area contributed by atoms with Crippen LogP contribution in [-0.4, -0.2) is 14.6 Å². The molecule has 0 N–H and O–H groups in total. The summed E-state index contributed by atoms with van der Waals surface area (Å²) in [7, 11) is -3.51. The molecule has 0 amide bonds. The molecule has 0 heterocycles. The highest BCUT2D eigenvalue weighted by Gasteiger charge is 2.11. The van der Waals surface area contributed by atoms with Crippen molar-refractivity contribution in [1.29, 1.82) is 0 Å². The average Bonchev–Trinajstić information content (AvgIpc) is 2.29. The van der Waals surface area contributed by atoms with Crippen LogP contribution >= 0.6 is 0 Å². The minimum absolute atomic E-state index is 0.259. The summed E-state index contributed by atoms with van der Waals surface area (Å²) in [5, 5.41) is 0. The highest BCUT2D eigenvalue weighted by atomic mass is 32.2. The summed E-state index contributed by atoms with van der Waals surface area (Å²) in [4.78, 5) is 0.259. The molecular formula is C13H19NO2S. The Hall–Kier alpha value is -1.16. The Labute approximate surface area is 104 Å². The number of sulfonamides is 1. The van der Waals surface area contributed by atoms with Crippen molar-refractivity contribution in [3.8, 4) is 0 Å². The molecule has 0 aromatic heterocycles. The van der Waals surface area contributed by atoms with Gasteiger partial charge in [-0.25, -0.2) is 0 Å². The largest absolute Gasteiger partial charge is 0.281 e. The van der Waals surface area contributed by atoms with E-state index in [-0.39, 0.29) is 4.90 Å². The fourth-order valence-electron chi connectivity index (χ4n) is 1.37. The zero-order valence-corrected chi connectivity index (χ0v) is 11.4. The molecule has 3 nitrogen and oxygen atoms in total. The van der Waals surface area contributed by atoms with E-state index in [1.54, 1.807) is 12.1 Å². The Morgan fingerprint density at radius 2 is 1.82 bits per heavy atom. The van der Waals surface area contributed by atoms with Crippen LogP contribution in [-0.2, 0) is 10.0 Å². The van der Waals surface area contributed by atoms with E-state index in [2.05, 4.69) is 18.2 Å². The third-order valence-corrected chi connectivity index (χ3v) is 3.77. The highest BCUT2D eigenvalue weighted by molar-refractivity contribution is 7.90. The monoisotopic (exact) mass is 253 g/mol. The minimum atomic E-state index is -3.51. The Morgan fingerprint density at radius 1 is 1.24 bits per heavy atom. The zero-order chi connectivity index (χ0) is 12.9. The van der Waals surface area contributed by atoms with Gasteiger partial charge in [-0.05, 0) is 30.0 Å². The molecule has 17 heavy (non-hydrogen) atoms. The first kappa shape index (κ1) is 13.9. The minimum Gasteiger partial charge on any atom is -0.199 e. The lowest BCUT2D eigenvalue weighted by atomic mass is 10.0. The maximum absolute atomic E-state index is 11.8. The van der Waals surface area contributed by atoms with E-state index >= 15 is 0 Å². The van der Waals surface area contributed by atoms with E-state index < -0.39 is 10.0 Å². The average molecular weight is 253 g/mol. The van der Waals surface area contributed by atoms with Crippen molar-refractivity contribution in [1.82, 2.24) is 0 Å². The van der Waals surface area contributed by atoms with Gasteiger partial charge in [0.15, 0.2) is 0 Å². The van der Waals surface area contributed by atoms with Crippen LogP contribution in [0.15, 0.2) is 33.6 Å². The van der Waals surface area contributed by atoms with E-state index in [9.17, 15) is 8.42 Å². The number of rotatable bonds is 5. The van der Waals surface area contributed by atoms with E-state index in [4.69, 9.17) is 0 Å². The quantitative estimate of drug-likeness (QED) is 0.755. The first-order valence-corrected chi connectivity index (χ1v) is 7.30. The highest BCUT2D eigenvalue weighted by Crippen LogP contribution is 2.18. The molecule has 0 unspecified atom stereocenters. The van der Waals surface area contributed by atoms with E-state index in [0.717, 1.165) is 12.0 Å². The maximum Gasteiger partial charge on any atom is 0.281 e. The molecule has 0 saturated carbocycles. The van der Waals surface area contributed by atoms with Crippen molar-refractivity contribution >= 4 is 16.2 Å². The second kappa shape index (κ2) is 5.96. The van der Waals surface area contributed by atoms with Crippen LogP contribution in [0, 0.1) is 0 Å². The van der Waals surface area contributed by atoms with Gasteiger partial charge in [-0.3, -0.25) is 0 Å². The van der Waals surface area contributed by atoms with Crippen molar-refractivity contribution < 1.29 is 8.42 Å². The Kier molecular flexibility index (Phi) is 4.87. The van der Waals surface area contributed by atoms with E-state index in [1.807, 2.05) is 19.1 Å². The van der Waals surface area contributed by atoms with Gasteiger partial charge in [-0.2, -0.15) is 12.8 Å². The number of benzene rings is 1. The number of hydrogen-bond donors (Lipinski definition) is 0. The maximum atomic E-state index is 11.8. The smallest absolute Gasteiger partial charge is 0.199 e. The molecule has 0 aliphatic rings. The molecule has 0 spiro atoms. The summed E-state index contributed by atoms with van der Waals surface area (Å²) in [6.45, 7) is 6.13. The standard InChI is InChI=1S/C13H19NO2S/c1-4-5-10-14-17(15,16)13-8-6-12(7-9-13)11(2)3/h6-11H,4-5H2,1-3H3/b14-10+. The van der Waals surface area contributed by atoms with Crippen LogP contribution in [0.3, 0.4) is 0 Å². The van der Waals surface area contributed by atoms with Gasteiger partial charge in [0, 0.05) is 6.21 Å². The lowest BCUT2D eigenvalue weighted by Gasteiger charge is -2.05. The van der Waals surface area contributed by atoms with Crippen molar-refractivity contribution in [3.63, 3.8) is 0 Å². The molecule has 0 bridgehead atoms. The molecule has 1 aromatic carbocycles. The van der Waals surface area contributed by atoms with Gasteiger partial charge in [-0.1, -0.05) is 39.3 Å². The first-order valence-electron chi connectivity index (χ1n) is 5.86. The molecule has 4 heteroatoms. The molecule has 1 rings (SSSR count). The van der Waals surface area contributed by atoms with Crippen molar-refractivity contribution in [3.05, 3.63) is 29.8 Å². The third-order valence-electron chi connectivity index (χ3n) is 2.48. The van der Waals surface area contributed by atoms with Crippen LogP contribution in [0.4, 0.5) is 0 Å². The van der Waals surface area contributed by atoms with Gasteiger partial charge >= 0.3 is 0 Å². The van der Waals surface area contributed by atoms with Crippen molar-refractivity contribution in [2.45, 2.75) is 44.4 Å². The molecule has 1 aromatic rings. The molecule has 0 atom stereocenters. The second-order valence-corrected chi connectivity index (χ2v) is 5.91. The molecule has 0 fully saturated rings. The molecule has 0 radical (unpaired) electrons. The third kappa shape index (κ3) is 3.97. The van der Waals surface area contributed by atoms with Crippen LogP contribution in [0.2, 0.25) is 0 Å². The summed E-state index contributed by atoms with van der Waals surface area (Å²) in [6.07, 6.45) is 3.04. The summed E-state index contributed by atoms with van der Waals surface area (Å²) in [6, 6.07) is 6.92. The summed E-state index contributed by atoms with van der Waals surface area (Å²) in [5.41, 5.74) is 1.13. The molecule has 0 aliphatic heterocycles. The molecule has 0 saturated heterocycles. The Bertz CT molecular complexity index is 473. The fourth-order valence-corrected chi connectivity index (χ4v) is 2.27. The van der Waals surface area contributed by atoms with Crippen LogP contribution < -0.4 is 0 Å². The van der Waals surface area contributed by atoms with Gasteiger partial charge < -0.3 is 0 Å². The van der Waals surface area contributed by atoms with E-state index in [1.165, 1.54) is 6.21 Å². The normalized spacial score (nSPS) is 12.5. The second-order valence-electron chi connectivity index (χ2n) is 4.28. The van der Waals surface area contributed by atoms with E-state index in [0.29, 0.717) is 12.3 Å². The topological polar surface area (TPSA) is 46.5 Å².